The normalized spacial score (nSPS) is 18.7. The number of H-pyrrole nitrogens is 2. The number of ether oxygens (including phenoxy) is 3. The number of carbonyl (C=O) groups excluding carboxylic acids is 4. The van der Waals surface area contributed by atoms with Crippen LogP contribution in [0.15, 0.2) is 60.9 Å². The Morgan fingerprint density at radius 1 is 0.722 bits per heavy atom. The van der Waals surface area contributed by atoms with Crippen molar-refractivity contribution in [1.29, 1.82) is 0 Å². The van der Waals surface area contributed by atoms with Gasteiger partial charge in [0.05, 0.1) is 71.7 Å². The van der Waals surface area contributed by atoms with Gasteiger partial charge in [0, 0.05) is 34.5 Å². The summed E-state index contributed by atoms with van der Waals surface area (Å²) in [5, 5.41) is 6.29. The summed E-state index contributed by atoms with van der Waals surface area (Å²) >= 11 is 1.73. The third-order valence-corrected chi connectivity index (χ3v) is 15.1. The molecular formula is C50H64FN9O7S5. The van der Waals surface area contributed by atoms with Crippen LogP contribution in [0.2, 0.25) is 0 Å². The van der Waals surface area contributed by atoms with Crippen LogP contribution in [0.25, 0.3) is 44.7 Å². The first kappa shape index (κ1) is 56.0. The number of amides is 4. The average molecular weight is 1080 g/mol. The van der Waals surface area contributed by atoms with Crippen molar-refractivity contribution in [1.82, 2.24) is 44.9 Å². The fraction of sp³-hybridized carbons (Fsp3) is 0.440. The van der Waals surface area contributed by atoms with Crippen molar-refractivity contribution in [3.63, 3.8) is 0 Å². The molecule has 1 unspecified atom stereocenters. The summed E-state index contributed by atoms with van der Waals surface area (Å²) in [5.41, 5.74) is 4.70. The van der Waals surface area contributed by atoms with Gasteiger partial charge in [-0.05, 0) is 98.7 Å². The minimum Gasteiger partial charge on any atom is -0.464 e. The summed E-state index contributed by atoms with van der Waals surface area (Å²) in [5.74, 6) is 1.04. The van der Waals surface area contributed by atoms with Gasteiger partial charge < -0.3 is 44.6 Å². The molecule has 4 amide bonds. The molecule has 0 radical (unpaired) electrons. The fourth-order valence-corrected chi connectivity index (χ4v) is 11.3. The summed E-state index contributed by atoms with van der Waals surface area (Å²) in [6, 6.07) is 13.6. The van der Waals surface area contributed by atoms with Crippen molar-refractivity contribution in [2.24, 2.45) is 11.8 Å². The quantitative estimate of drug-likeness (QED) is 0.0925. The lowest BCUT2D eigenvalue weighted by atomic mass is 10.0. The molecule has 388 valence electrons. The van der Waals surface area contributed by atoms with E-state index in [0.717, 1.165) is 46.3 Å². The highest BCUT2D eigenvalue weighted by Gasteiger charge is 2.40. The largest absolute Gasteiger partial charge is 0.464 e. The van der Waals surface area contributed by atoms with Gasteiger partial charge in [-0.2, -0.15) is 54.0 Å². The summed E-state index contributed by atoms with van der Waals surface area (Å²) in [6.07, 6.45) is 6.87. The number of nitrogens with zero attached hydrogens (tertiary/aromatic N) is 5. The Kier molecular flexibility index (Phi) is 17.8. The third-order valence-electron chi connectivity index (χ3n) is 13.8. The molecule has 1 saturated carbocycles. The molecule has 0 spiro atoms. The van der Waals surface area contributed by atoms with Gasteiger partial charge in [0.15, 0.2) is 0 Å². The van der Waals surface area contributed by atoms with Crippen LogP contribution in [-0.2, 0) is 19.1 Å². The van der Waals surface area contributed by atoms with Crippen LogP contribution in [0.1, 0.15) is 112 Å². The lowest BCUT2D eigenvalue weighted by Crippen LogP contribution is -2.51. The monoisotopic (exact) mass is 1080 g/mol. The van der Waals surface area contributed by atoms with E-state index in [0.29, 0.717) is 65.3 Å². The van der Waals surface area contributed by atoms with E-state index in [-0.39, 0.29) is 89.7 Å². The molecule has 22 heteroatoms. The second-order valence-corrected chi connectivity index (χ2v) is 20.1. The van der Waals surface area contributed by atoms with Crippen LogP contribution in [0.4, 0.5) is 14.0 Å². The third kappa shape index (κ3) is 10.6. The number of fused-ring (bicyclic) bond motifs is 5. The molecule has 3 fully saturated rings. The Morgan fingerprint density at radius 3 is 1.79 bits per heavy atom. The van der Waals surface area contributed by atoms with Gasteiger partial charge in [-0.15, -0.1) is 11.3 Å². The molecule has 2 aromatic carbocycles. The van der Waals surface area contributed by atoms with Crippen molar-refractivity contribution >= 4 is 100 Å². The molecule has 6 aromatic rings. The van der Waals surface area contributed by atoms with E-state index in [4.69, 9.17) is 24.2 Å². The number of benzene rings is 2. The van der Waals surface area contributed by atoms with E-state index in [2.05, 4.69) is 43.4 Å². The zero-order valence-electron chi connectivity index (χ0n) is 40.9. The van der Waals surface area contributed by atoms with Crippen LogP contribution in [0, 0.1) is 17.7 Å². The standard InChI is InChI=1S/C50H56FN9O7S.4H2S/c1-25(2)42(56-49(63)65-5)46(61)58-17-7-9-35(58)44-52-23-32(54-44)28-13-14-34-30(19-28)21-37-41-31(51)20-29(22-38(41)67-48(60(34)37)40-16-15-39(68-40)27-11-12-27)33-24-53-45(55-33)36-10-8-18-59(36)47(62)43(26(3)4)57-50(64)66-6;;;;/h13-16,19-27,35-36,42-43,48H,7-12,17-18H2,1-6H3,(H,52,54)(H,53,55)(H,56,63)(H,57,64);4*1H2/t35-,36-,42-,43-,48?;;;;/m0..../s1. The second-order valence-electron chi connectivity index (χ2n) is 18.9. The summed E-state index contributed by atoms with van der Waals surface area (Å²) in [7, 11) is 2.55. The maximum absolute atomic E-state index is 16.9. The molecule has 5 atom stereocenters. The Labute approximate surface area is 449 Å². The molecule has 4 aliphatic rings. The van der Waals surface area contributed by atoms with Crippen LogP contribution in [0.5, 0.6) is 5.75 Å². The predicted molar refractivity (Wildman–Crippen MR) is 295 cm³/mol. The SMILES string of the molecule is COC(=O)N[C@H](C(=O)N1CCC[C@H]1c1ncc(-c2cc(F)c3c(c2)OC(c2ccc(C4CC4)s2)n2c-3cc3cc(-c4cnc([C@@H]5CCCN5C(=O)[C@@H](NC(=O)OC)C(C)C)[nH]4)ccc32)[nH]1)C(C)C.S.S.S.S. The first-order chi connectivity index (χ1) is 32.8. The van der Waals surface area contributed by atoms with Gasteiger partial charge in [-0.3, -0.25) is 14.2 Å². The zero-order valence-corrected chi connectivity index (χ0v) is 45.7. The number of imidazole rings is 2. The second kappa shape index (κ2) is 22.9. The fourth-order valence-electron chi connectivity index (χ4n) is 10.1. The molecule has 3 aliphatic heterocycles. The molecule has 4 aromatic heterocycles. The van der Waals surface area contributed by atoms with Gasteiger partial charge in [-0.1, -0.05) is 33.8 Å². The number of rotatable bonds is 12. The topological polar surface area (TPSA) is 189 Å². The number of likely N-dealkylation sites (tertiary alicyclic amines) is 2. The highest BCUT2D eigenvalue weighted by atomic mass is 32.1. The van der Waals surface area contributed by atoms with Gasteiger partial charge in [0.1, 0.15) is 35.3 Å². The minimum atomic E-state index is -0.768. The van der Waals surface area contributed by atoms with Gasteiger partial charge in [0.2, 0.25) is 18.0 Å². The number of methoxy groups -OCH3 is 2. The Balaban J connectivity index is 0.00000212. The Morgan fingerprint density at radius 2 is 1.26 bits per heavy atom. The van der Waals surface area contributed by atoms with E-state index in [9.17, 15) is 19.2 Å². The predicted octanol–water partition coefficient (Wildman–Crippen LogP) is 9.65. The maximum Gasteiger partial charge on any atom is 0.407 e. The Bertz CT molecular complexity index is 2930. The molecule has 4 N–H and O–H groups in total. The van der Waals surface area contributed by atoms with Gasteiger partial charge in [-0.25, -0.2) is 23.9 Å². The summed E-state index contributed by atoms with van der Waals surface area (Å²) in [6.45, 7) is 8.59. The number of nitrogens with one attached hydrogen (secondary N) is 4. The average Bonchev–Trinajstić information content (AvgIpc) is 4.05. The van der Waals surface area contributed by atoms with Gasteiger partial charge >= 0.3 is 12.2 Å². The number of thiophene rings is 1. The summed E-state index contributed by atoms with van der Waals surface area (Å²) < 4.78 is 35.5. The lowest BCUT2D eigenvalue weighted by Gasteiger charge is -2.30. The van der Waals surface area contributed by atoms with Crippen molar-refractivity contribution in [3.8, 4) is 39.5 Å². The minimum absolute atomic E-state index is 0. The highest BCUT2D eigenvalue weighted by Crippen LogP contribution is 2.50. The van der Waals surface area contributed by atoms with Crippen LogP contribution >= 0.6 is 65.3 Å². The van der Waals surface area contributed by atoms with Crippen molar-refractivity contribution in [2.75, 3.05) is 27.3 Å². The highest BCUT2D eigenvalue weighted by molar-refractivity contribution is 7.59. The number of aromatic amines is 2. The van der Waals surface area contributed by atoms with Gasteiger partial charge in [0.25, 0.3) is 0 Å². The zero-order chi connectivity index (χ0) is 47.5. The number of carbonyl (C=O) groups is 4. The number of hydrogen-bond acceptors (Lipinski definition) is 10. The summed E-state index contributed by atoms with van der Waals surface area (Å²) in [4.78, 5) is 74.1. The number of alkyl carbamates (subject to hydrolysis) is 2. The molecule has 16 nitrogen and oxygen atoms in total. The lowest BCUT2D eigenvalue weighted by molar-refractivity contribution is -0.136. The molecule has 1 aliphatic carbocycles. The number of aromatic nitrogens is 5. The first-order valence-electron chi connectivity index (χ1n) is 23.5. The van der Waals surface area contributed by atoms with Crippen molar-refractivity contribution < 1.29 is 37.8 Å². The van der Waals surface area contributed by atoms with E-state index in [1.165, 1.54) is 38.0 Å². The van der Waals surface area contributed by atoms with Crippen LogP contribution in [-0.4, -0.2) is 97.7 Å². The Hall–Kier alpha value is -5.29. The molecule has 0 bridgehead atoms. The molecule has 2 saturated heterocycles. The molecule has 7 heterocycles. The van der Waals surface area contributed by atoms with E-state index >= 15 is 4.39 Å². The van der Waals surface area contributed by atoms with Crippen molar-refractivity contribution in [2.45, 2.75) is 103 Å². The number of hydrogen-bond donors (Lipinski definition) is 4. The maximum atomic E-state index is 16.9. The number of halogens is 1. The molecular weight excluding hydrogens is 1020 g/mol. The molecule has 72 heavy (non-hydrogen) atoms. The van der Waals surface area contributed by atoms with Crippen molar-refractivity contribution in [3.05, 3.63) is 88.1 Å². The van der Waals surface area contributed by atoms with E-state index < -0.39 is 36.3 Å². The first-order valence-corrected chi connectivity index (χ1v) is 24.3. The van der Waals surface area contributed by atoms with E-state index in [1.54, 1.807) is 33.5 Å². The van der Waals surface area contributed by atoms with Crippen LogP contribution < -0.4 is 15.4 Å². The van der Waals surface area contributed by atoms with Crippen LogP contribution in [0.3, 0.4) is 0 Å². The van der Waals surface area contributed by atoms with E-state index in [1.807, 2.05) is 52.0 Å². The smallest absolute Gasteiger partial charge is 0.407 e. The molecule has 10 rings (SSSR count).